The van der Waals surface area contributed by atoms with Gasteiger partial charge in [-0.2, -0.15) is 0 Å². The van der Waals surface area contributed by atoms with E-state index in [1.54, 1.807) is 0 Å². The van der Waals surface area contributed by atoms with Gasteiger partial charge in [0.2, 0.25) is 0 Å². The van der Waals surface area contributed by atoms with E-state index in [0.29, 0.717) is 0 Å². The lowest BCUT2D eigenvalue weighted by atomic mass is 9.87. The van der Waals surface area contributed by atoms with E-state index in [1.165, 1.54) is 32.2 Å². The third kappa shape index (κ3) is 2.73. The highest BCUT2D eigenvalue weighted by molar-refractivity contribution is 4.93. The highest BCUT2D eigenvalue weighted by Gasteiger charge is 2.40. The Morgan fingerprint density at radius 2 is 2.00 bits per heavy atom. The molecule has 0 aromatic heterocycles. The van der Waals surface area contributed by atoms with Crippen LogP contribution < -0.4 is 5.73 Å². The van der Waals surface area contributed by atoms with Crippen molar-refractivity contribution in [3.05, 3.63) is 0 Å². The van der Waals surface area contributed by atoms with Crippen molar-refractivity contribution in [3.8, 4) is 0 Å². The van der Waals surface area contributed by atoms with E-state index in [2.05, 4.69) is 11.9 Å². The van der Waals surface area contributed by atoms with E-state index in [4.69, 9.17) is 10.5 Å². The van der Waals surface area contributed by atoms with Gasteiger partial charge in [-0.05, 0) is 56.9 Å². The van der Waals surface area contributed by atoms with Crippen LogP contribution in [-0.2, 0) is 4.74 Å². The molecule has 2 N–H and O–H groups in total. The molecule has 3 fully saturated rings. The van der Waals surface area contributed by atoms with Gasteiger partial charge in [0, 0.05) is 31.8 Å². The van der Waals surface area contributed by atoms with Crippen molar-refractivity contribution in [2.24, 2.45) is 23.5 Å². The molecule has 1 saturated heterocycles. The number of likely N-dealkylation sites (N-methyl/N-ethyl adjacent to an activating group) is 1. The maximum Gasteiger partial charge on any atom is 0.0484 e. The fourth-order valence-electron chi connectivity index (χ4n) is 4.54. The number of fused-ring (bicyclic) bond motifs is 2. The van der Waals surface area contributed by atoms with E-state index in [9.17, 15) is 0 Å². The molecule has 3 nitrogen and oxygen atoms in total. The van der Waals surface area contributed by atoms with Crippen LogP contribution >= 0.6 is 0 Å². The molecule has 0 amide bonds. The van der Waals surface area contributed by atoms with Crippen LogP contribution in [0.2, 0.25) is 0 Å². The first kappa shape index (κ1) is 12.9. The Balaban J connectivity index is 1.48. The molecule has 2 saturated carbocycles. The van der Waals surface area contributed by atoms with Gasteiger partial charge in [-0.25, -0.2) is 0 Å². The Morgan fingerprint density at radius 1 is 1.22 bits per heavy atom. The van der Waals surface area contributed by atoms with Gasteiger partial charge in [0.25, 0.3) is 0 Å². The first-order valence-electron chi connectivity index (χ1n) is 7.70. The quantitative estimate of drug-likeness (QED) is 0.830. The number of hydrogen-bond acceptors (Lipinski definition) is 3. The molecule has 3 aliphatic rings. The smallest absolute Gasteiger partial charge is 0.0484 e. The molecule has 1 heterocycles. The third-order valence-electron chi connectivity index (χ3n) is 5.50. The van der Waals surface area contributed by atoms with Crippen molar-refractivity contribution in [3.63, 3.8) is 0 Å². The summed E-state index contributed by atoms with van der Waals surface area (Å²) in [6.45, 7) is 4.00. The lowest BCUT2D eigenvalue weighted by molar-refractivity contribution is 0.0381. The Hall–Kier alpha value is -0.120. The third-order valence-corrected chi connectivity index (χ3v) is 5.50. The number of hydrogen-bond donors (Lipinski definition) is 1. The van der Waals surface area contributed by atoms with Crippen molar-refractivity contribution >= 4 is 0 Å². The summed E-state index contributed by atoms with van der Waals surface area (Å²) in [4.78, 5) is 2.50. The normalized spacial score (nSPS) is 38.5. The summed E-state index contributed by atoms with van der Waals surface area (Å²) in [7, 11) is 2.26. The van der Waals surface area contributed by atoms with Gasteiger partial charge in [0.15, 0.2) is 0 Å². The zero-order chi connectivity index (χ0) is 12.6. The van der Waals surface area contributed by atoms with Crippen LogP contribution in [-0.4, -0.2) is 43.8 Å². The molecule has 2 aliphatic carbocycles. The van der Waals surface area contributed by atoms with Crippen molar-refractivity contribution in [1.29, 1.82) is 0 Å². The number of nitrogens with zero attached hydrogens (tertiary/aromatic N) is 1. The van der Waals surface area contributed by atoms with E-state index in [1.807, 2.05) is 0 Å². The Labute approximate surface area is 111 Å². The van der Waals surface area contributed by atoms with Crippen molar-refractivity contribution < 1.29 is 4.74 Å². The van der Waals surface area contributed by atoms with Gasteiger partial charge >= 0.3 is 0 Å². The largest absolute Gasteiger partial charge is 0.381 e. The second kappa shape index (κ2) is 5.10. The van der Waals surface area contributed by atoms with Gasteiger partial charge in [-0.15, -0.1) is 0 Å². The minimum atomic E-state index is 0.00458. The molecular formula is C15H28N2O. The monoisotopic (exact) mass is 252 g/mol. The topological polar surface area (TPSA) is 38.5 Å². The minimum absolute atomic E-state index is 0.00458. The fraction of sp³-hybridized carbons (Fsp3) is 1.00. The molecule has 3 heteroatoms. The van der Waals surface area contributed by atoms with Crippen molar-refractivity contribution in [1.82, 2.24) is 4.90 Å². The first-order chi connectivity index (χ1) is 8.65. The van der Waals surface area contributed by atoms with Crippen LogP contribution in [0.5, 0.6) is 0 Å². The molecule has 1 aliphatic heterocycles. The van der Waals surface area contributed by atoms with Gasteiger partial charge in [-0.1, -0.05) is 6.42 Å². The van der Waals surface area contributed by atoms with Gasteiger partial charge in [-0.3, -0.25) is 0 Å². The SMILES string of the molecule is CN(CC1CC2CCC1C2)CC1(N)CCOCC1. The average molecular weight is 252 g/mol. The number of rotatable bonds is 4. The minimum Gasteiger partial charge on any atom is -0.381 e. The van der Waals surface area contributed by atoms with E-state index in [-0.39, 0.29) is 5.54 Å². The standard InChI is InChI=1S/C15H28N2O/c1-17(11-15(16)4-6-18-7-5-15)10-14-9-12-2-3-13(14)8-12/h12-14H,2-11,16H2,1H3. The van der Waals surface area contributed by atoms with Gasteiger partial charge in [0.1, 0.15) is 0 Å². The molecule has 18 heavy (non-hydrogen) atoms. The molecule has 0 aromatic carbocycles. The second-order valence-electron chi connectivity index (χ2n) is 7.11. The highest BCUT2D eigenvalue weighted by Crippen LogP contribution is 2.48. The zero-order valence-electron chi connectivity index (χ0n) is 11.7. The van der Waals surface area contributed by atoms with E-state index >= 15 is 0 Å². The van der Waals surface area contributed by atoms with Crippen LogP contribution in [0.4, 0.5) is 0 Å². The van der Waals surface area contributed by atoms with Crippen LogP contribution in [0.25, 0.3) is 0 Å². The lowest BCUT2D eigenvalue weighted by Crippen LogP contribution is -2.53. The zero-order valence-corrected chi connectivity index (χ0v) is 11.7. The van der Waals surface area contributed by atoms with Crippen molar-refractivity contribution in [2.75, 3.05) is 33.4 Å². The molecular weight excluding hydrogens is 224 g/mol. The summed E-state index contributed by atoms with van der Waals surface area (Å²) < 4.78 is 5.42. The summed E-state index contributed by atoms with van der Waals surface area (Å²) >= 11 is 0. The highest BCUT2D eigenvalue weighted by atomic mass is 16.5. The molecule has 104 valence electrons. The molecule has 0 spiro atoms. The number of nitrogens with two attached hydrogens (primary N) is 1. The predicted molar refractivity (Wildman–Crippen MR) is 73.4 cm³/mol. The average Bonchev–Trinajstić information content (AvgIpc) is 2.90. The molecule has 0 radical (unpaired) electrons. The summed E-state index contributed by atoms with van der Waals surface area (Å²) in [5.74, 6) is 3.04. The molecule has 3 rings (SSSR count). The fourth-order valence-corrected chi connectivity index (χ4v) is 4.54. The molecule has 2 bridgehead atoms. The van der Waals surface area contributed by atoms with Gasteiger partial charge < -0.3 is 15.4 Å². The maximum atomic E-state index is 6.49. The Kier molecular flexibility index (Phi) is 3.65. The van der Waals surface area contributed by atoms with Crippen LogP contribution in [0.1, 0.15) is 38.5 Å². The second-order valence-corrected chi connectivity index (χ2v) is 7.11. The molecule has 3 unspecified atom stereocenters. The van der Waals surface area contributed by atoms with E-state index in [0.717, 1.165) is 50.4 Å². The predicted octanol–water partition coefficient (Wildman–Crippen LogP) is 1.86. The van der Waals surface area contributed by atoms with Crippen LogP contribution in [0.3, 0.4) is 0 Å². The number of ether oxygens (including phenoxy) is 1. The van der Waals surface area contributed by atoms with Crippen LogP contribution in [0.15, 0.2) is 0 Å². The summed E-state index contributed by atoms with van der Waals surface area (Å²) in [6.07, 6.45) is 8.03. The van der Waals surface area contributed by atoms with Gasteiger partial charge in [0.05, 0.1) is 0 Å². The van der Waals surface area contributed by atoms with Crippen molar-refractivity contribution in [2.45, 2.75) is 44.1 Å². The van der Waals surface area contributed by atoms with E-state index < -0.39 is 0 Å². The summed E-state index contributed by atoms with van der Waals surface area (Å²) in [5.41, 5.74) is 6.49. The maximum absolute atomic E-state index is 6.49. The summed E-state index contributed by atoms with van der Waals surface area (Å²) in [5, 5.41) is 0. The first-order valence-corrected chi connectivity index (χ1v) is 7.70. The molecule has 0 aromatic rings. The van der Waals surface area contributed by atoms with Crippen LogP contribution in [0, 0.1) is 17.8 Å². The lowest BCUT2D eigenvalue weighted by Gasteiger charge is -2.38. The molecule has 3 atom stereocenters. The Bertz CT molecular complexity index is 288. The summed E-state index contributed by atoms with van der Waals surface area (Å²) in [6, 6.07) is 0. The Morgan fingerprint density at radius 3 is 2.61 bits per heavy atom.